The summed E-state index contributed by atoms with van der Waals surface area (Å²) in [7, 11) is 0. The third-order valence-electron chi connectivity index (χ3n) is 3.58. The molecule has 2 fully saturated rings. The number of imide groups is 2. The van der Waals surface area contributed by atoms with Gasteiger partial charge in [-0.15, -0.1) is 26.3 Å². The normalized spacial score (nSPS) is 16.6. The molecule has 2 aliphatic rings. The van der Waals surface area contributed by atoms with Crippen molar-refractivity contribution in [2.24, 2.45) is 0 Å². The Hall–Kier alpha value is -3.16. The number of carbonyl (C=O) groups is 4. The summed E-state index contributed by atoms with van der Waals surface area (Å²) >= 11 is 0. The minimum Gasteiger partial charge on any atom is -0.311 e. The highest BCUT2D eigenvalue weighted by Gasteiger charge is 2.34. The van der Waals surface area contributed by atoms with Gasteiger partial charge in [-0.2, -0.15) is 0 Å². The quantitative estimate of drug-likeness (QED) is 0.482. The van der Waals surface area contributed by atoms with E-state index in [9.17, 15) is 19.2 Å². The maximum absolute atomic E-state index is 11.4. The second-order valence-electron chi connectivity index (χ2n) is 5.49. The molecule has 2 aliphatic heterocycles. The van der Waals surface area contributed by atoms with E-state index in [2.05, 4.69) is 26.3 Å². The van der Waals surface area contributed by atoms with Gasteiger partial charge in [0.15, 0.2) is 0 Å². The first kappa shape index (κ1) is 20.9. The molecular weight excluding hydrogens is 336 g/mol. The van der Waals surface area contributed by atoms with Crippen LogP contribution in [0.1, 0.15) is 0 Å². The van der Waals surface area contributed by atoms with Crippen molar-refractivity contribution in [2.75, 3.05) is 39.3 Å². The molecule has 0 aromatic rings. The van der Waals surface area contributed by atoms with E-state index in [1.54, 1.807) is 12.2 Å². The number of urea groups is 2. The largest absolute Gasteiger partial charge is 0.327 e. The summed E-state index contributed by atoms with van der Waals surface area (Å²) in [6.07, 6.45) is 6.27. The monoisotopic (exact) mass is 360 g/mol. The van der Waals surface area contributed by atoms with E-state index >= 15 is 0 Å². The highest BCUT2D eigenvalue weighted by atomic mass is 16.2. The summed E-state index contributed by atoms with van der Waals surface area (Å²) in [5, 5.41) is 0. The van der Waals surface area contributed by atoms with Gasteiger partial charge in [0.2, 0.25) is 0 Å². The van der Waals surface area contributed by atoms with E-state index in [0.717, 1.165) is 0 Å². The zero-order valence-corrected chi connectivity index (χ0v) is 14.8. The Morgan fingerprint density at radius 3 is 1.19 bits per heavy atom. The summed E-state index contributed by atoms with van der Waals surface area (Å²) in [4.78, 5) is 50.6. The SMILES string of the molecule is C=CCN1CC(=O)N(CC=C)C1=O.C=CCN1CC(=O)N(CC=C)C1=O. The zero-order valence-electron chi connectivity index (χ0n) is 14.8. The Balaban J connectivity index is 0.000000260. The molecular formula is C18H24N4O4. The van der Waals surface area contributed by atoms with Crippen LogP contribution in [0.15, 0.2) is 50.6 Å². The summed E-state index contributed by atoms with van der Waals surface area (Å²) in [5.41, 5.74) is 0. The maximum atomic E-state index is 11.4. The number of hydrogen-bond acceptors (Lipinski definition) is 4. The third kappa shape index (κ3) is 4.92. The van der Waals surface area contributed by atoms with Crippen molar-refractivity contribution in [2.45, 2.75) is 0 Å². The van der Waals surface area contributed by atoms with Gasteiger partial charge in [-0.05, 0) is 0 Å². The van der Waals surface area contributed by atoms with Crippen molar-refractivity contribution in [1.82, 2.24) is 19.6 Å². The van der Waals surface area contributed by atoms with Gasteiger partial charge in [-0.25, -0.2) is 9.59 Å². The van der Waals surface area contributed by atoms with E-state index in [-0.39, 0.29) is 50.1 Å². The van der Waals surface area contributed by atoms with E-state index in [1.807, 2.05) is 0 Å². The fraction of sp³-hybridized carbons (Fsp3) is 0.333. The summed E-state index contributed by atoms with van der Waals surface area (Å²) in [6.45, 7) is 15.7. The van der Waals surface area contributed by atoms with Crippen LogP contribution in [0.3, 0.4) is 0 Å². The predicted molar refractivity (Wildman–Crippen MR) is 98.2 cm³/mol. The van der Waals surface area contributed by atoms with Gasteiger partial charge in [0, 0.05) is 26.2 Å². The minimum absolute atomic E-state index is 0.151. The van der Waals surface area contributed by atoms with Crippen molar-refractivity contribution in [3.05, 3.63) is 50.6 Å². The van der Waals surface area contributed by atoms with Gasteiger partial charge < -0.3 is 9.80 Å². The molecule has 0 spiro atoms. The Morgan fingerprint density at radius 1 is 0.615 bits per heavy atom. The number of amides is 6. The first-order valence-electron chi connectivity index (χ1n) is 8.03. The van der Waals surface area contributed by atoms with Crippen LogP contribution in [0.25, 0.3) is 0 Å². The summed E-state index contributed by atoms with van der Waals surface area (Å²) in [5.74, 6) is -0.349. The maximum Gasteiger partial charge on any atom is 0.327 e. The smallest absolute Gasteiger partial charge is 0.311 e. The second-order valence-corrected chi connectivity index (χ2v) is 5.49. The molecule has 2 rings (SSSR count). The van der Waals surface area contributed by atoms with Crippen molar-refractivity contribution < 1.29 is 19.2 Å². The fourth-order valence-corrected chi connectivity index (χ4v) is 2.40. The van der Waals surface area contributed by atoms with Crippen LogP contribution in [-0.2, 0) is 9.59 Å². The summed E-state index contributed by atoms with van der Waals surface area (Å²) in [6, 6.07) is -0.519. The van der Waals surface area contributed by atoms with Crippen molar-refractivity contribution in [3.8, 4) is 0 Å². The molecule has 140 valence electrons. The zero-order chi connectivity index (χ0) is 19.7. The van der Waals surface area contributed by atoms with E-state index in [1.165, 1.54) is 31.8 Å². The van der Waals surface area contributed by atoms with Gasteiger partial charge in [-0.3, -0.25) is 19.4 Å². The molecule has 0 aromatic carbocycles. The Morgan fingerprint density at radius 2 is 0.923 bits per heavy atom. The average molecular weight is 360 g/mol. The van der Waals surface area contributed by atoms with Crippen LogP contribution >= 0.6 is 0 Å². The molecule has 0 atom stereocenters. The average Bonchev–Trinajstić information content (AvgIpc) is 3.02. The van der Waals surface area contributed by atoms with Crippen molar-refractivity contribution in [3.63, 3.8) is 0 Å². The first-order valence-corrected chi connectivity index (χ1v) is 8.03. The Kier molecular flexibility index (Phi) is 8.01. The number of rotatable bonds is 8. The van der Waals surface area contributed by atoms with Crippen molar-refractivity contribution in [1.29, 1.82) is 0 Å². The molecule has 8 heteroatoms. The first-order chi connectivity index (χ1) is 12.4. The van der Waals surface area contributed by atoms with Gasteiger partial charge >= 0.3 is 12.1 Å². The van der Waals surface area contributed by atoms with E-state index in [0.29, 0.717) is 13.1 Å². The minimum atomic E-state index is -0.259. The van der Waals surface area contributed by atoms with Crippen LogP contribution in [0.4, 0.5) is 9.59 Å². The highest BCUT2D eigenvalue weighted by Crippen LogP contribution is 2.10. The molecule has 2 heterocycles. The van der Waals surface area contributed by atoms with E-state index in [4.69, 9.17) is 0 Å². The molecule has 0 unspecified atom stereocenters. The topological polar surface area (TPSA) is 81.2 Å². The number of hydrogen-bond donors (Lipinski definition) is 0. The Bertz CT molecular complexity index is 575. The lowest BCUT2D eigenvalue weighted by atomic mass is 10.5. The van der Waals surface area contributed by atoms with Crippen LogP contribution < -0.4 is 0 Å². The molecule has 2 saturated heterocycles. The number of nitrogens with zero attached hydrogens (tertiary/aromatic N) is 4. The van der Waals surface area contributed by atoms with Gasteiger partial charge in [0.1, 0.15) is 13.1 Å². The van der Waals surface area contributed by atoms with Gasteiger partial charge in [0.25, 0.3) is 11.8 Å². The molecule has 0 aliphatic carbocycles. The van der Waals surface area contributed by atoms with Crippen LogP contribution in [0.2, 0.25) is 0 Å². The van der Waals surface area contributed by atoms with Crippen LogP contribution in [0.5, 0.6) is 0 Å². The fourth-order valence-electron chi connectivity index (χ4n) is 2.40. The Labute approximate surface area is 153 Å². The molecule has 26 heavy (non-hydrogen) atoms. The molecule has 0 N–H and O–H groups in total. The lowest BCUT2D eigenvalue weighted by Gasteiger charge is -2.13. The molecule has 0 bridgehead atoms. The van der Waals surface area contributed by atoms with Crippen molar-refractivity contribution >= 4 is 23.9 Å². The van der Waals surface area contributed by atoms with Gasteiger partial charge in [0.05, 0.1) is 0 Å². The predicted octanol–water partition coefficient (Wildman–Crippen LogP) is 1.25. The molecule has 0 saturated carbocycles. The van der Waals surface area contributed by atoms with Gasteiger partial charge in [-0.1, -0.05) is 24.3 Å². The lowest BCUT2D eigenvalue weighted by molar-refractivity contribution is -0.125. The molecule has 0 aromatic heterocycles. The third-order valence-corrected chi connectivity index (χ3v) is 3.58. The lowest BCUT2D eigenvalue weighted by Crippen LogP contribution is -2.33. The molecule has 0 radical (unpaired) electrons. The molecule has 8 nitrogen and oxygen atoms in total. The second kappa shape index (κ2) is 9.97. The summed E-state index contributed by atoms with van der Waals surface area (Å²) < 4.78 is 0. The number of carbonyl (C=O) groups excluding carboxylic acids is 4. The van der Waals surface area contributed by atoms with Crippen LogP contribution in [-0.4, -0.2) is 82.7 Å². The standard InChI is InChI=1S/2C9H12N2O2/c2*1-3-5-10-7-8(12)11(6-4-2)9(10)13/h2*3-4H,1-2,5-7H2. The van der Waals surface area contributed by atoms with Crippen LogP contribution in [0, 0.1) is 0 Å². The van der Waals surface area contributed by atoms with E-state index < -0.39 is 0 Å². The highest BCUT2D eigenvalue weighted by molar-refractivity contribution is 6.02. The molecule has 6 amide bonds.